The third kappa shape index (κ3) is 4.33. The van der Waals surface area contributed by atoms with Crippen LogP contribution in [0.25, 0.3) is 0 Å². The van der Waals surface area contributed by atoms with E-state index in [9.17, 15) is 0 Å². The van der Waals surface area contributed by atoms with E-state index < -0.39 is 0 Å². The largest absolute Gasteiger partial charge is 0.320 e. The van der Waals surface area contributed by atoms with E-state index in [0.29, 0.717) is 6.85 Å². The van der Waals surface area contributed by atoms with Crippen LogP contribution in [0, 0.1) is 0 Å². The van der Waals surface area contributed by atoms with E-state index in [0.717, 1.165) is 0 Å². The van der Waals surface area contributed by atoms with E-state index in [1.807, 2.05) is 7.41 Å². The van der Waals surface area contributed by atoms with E-state index in [1.165, 1.54) is 0 Å². The standard InChI is InChI=1S/C4H9B2INS/c1-4-5-8(9-7)6(2)3/h4H,1H2,2-3H3. The van der Waals surface area contributed by atoms with Crippen molar-refractivity contribution in [3.63, 3.8) is 0 Å². The molecule has 9 heavy (non-hydrogen) atoms. The molecule has 0 aliphatic heterocycles. The Hall–Kier alpha value is 0.910. The van der Waals surface area contributed by atoms with Crippen LogP contribution in [0.3, 0.4) is 0 Å². The Morgan fingerprint density at radius 2 is 2.33 bits per heavy atom. The summed E-state index contributed by atoms with van der Waals surface area (Å²) < 4.78 is 2.13. The molecule has 0 saturated heterocycles. The predicted octanol–water partition coefficient (Wildman–Crippen LogP) is 2.30. The molecule has 0 aromatic rings. The second-order valence-electron chi connectivity index (χ2n) is 1.91. The fraction of sp³-hybridized carbons (Fsp3) is 0.500. The van der Waals surface area contributed by atoms with Crippen molar-refractivity contribution in [3.8, 4) is 0 Å². The van der Waals surface area contributed by atoms with E-state index in [1.54, 1.807) is 15.1 Å². The number of hydrogen-bond donors (Lipinski definition) is 0. The van der Waals surface area contributed by atoms with Gasteiger partial charge in [-0.3, -0.25) is 0 Å². The summed E-state index contributed by atoms with van der Waals surface area (Å²) in [6.07, 6.45) is 0. The van der Waals surface area contributed by atoms with Crippen LogP contribution in [0.5, 0.6) is 0 Å². The number of nitrogens with zero attached hydrogens (tertiary/aromatic N) is 1. The molecule has 0 saturated carbocycles. The van der Waals surface area contributed by atoms with Crippen molar-refractivity contribution in [3.05, 3.63) is 12.6 Å². The van der Waals surface area contributed by atoms with Crippen LogP contribution in [0.15, 0.2) is 12.6 Å². The van der Waals surface area contributed by atoms with Gasteiger partial charge in [0.15, 0.2) is 0 Å². The van der Waals surface area contributed by atoms with Crippen molar-refractivity contribution in [1.82, 2.24) is 4.13 Å². The summed E-state index contributed by atoms with van der Waals surface area (Å²) in [5.74, 6) is 1.80. The van der Waals surface area contributed by atoms with Gasteiger partial charge in [0.25, 0.3) is 0 Å². The van der Waals surface area contributed by atoms with Crippen molar-refractivity contribution in [2.24, 2.45) is 0 Å². The molecule has 1 radical (unpaired) electrons. The lowest BCUT2D eigenvalue weighted by atomic mass is 9.63. The Bertz CT molecular complexity index is 90.6. The topological polar surface area (TPSA) is 3.24 Å². The average molecular weight is 252 g/mol. The van der Waals surface area contributed by atoms with Gasteiger partial charge in [-0.05, 0) is 9.12 Å². The van der Waals surface area contributed by atoms with Gasteiger partial charge in [-0.25, -0.2) is 0 Å². The van der Waals surface area contributed by atoms with Gasteiger partial charge in [0.2, 0.25) is 14.3 Å². The van der Waals surface area contributed by atoms with Crippen LogP contribution in [0.4, 0.5) is 0 Å². The Balaban J connectivity index is 3.53. The summed E-state index contributed by atoms with van der Waals surface area (Å²) >= 11 is 2.25. The second kappa shape index (κ2) is 5.68. The van der Waals surface area contributed by atoms with E-state index in [2.05, 4.69) is 45.6 Å². The fourth-order valence-electron chi connectivity index (χ4n) is 0.379. The van der Waals surface area contributed by atoms with Gasteiger partial charge in [-0.2, -0.15) is 0 Å². The van der Waals surface area contributed by atoms with Gasteiger partial charge < -0.3 is 4.13 Å². The van der Waals surface area contributed by atoms with E-state index in [4.69, 9.17) is 0 Å². The van der Waals surface area contributed by atoms with Gasteiger partial charge in [-0.15, -0.1) is 12.6 Å². The first-order chi connectivity index (χ1) is 4.22. The molecule has 0 fully saturated rings. The summed E-state index contributed by atoms with van der Waals surface area (Å²) in [4.78, 5) is 0. The van der Waals surface area contributed by atoms with E-state index >= 15 is 0 Å². The average Bonchev–Trinajstić information content (AvgIpc) is 1.82. The smallest absolute Gasteiger partial charge is 0.238 e. The zero-order chi connectivity index (χ0) is 7.28. The van der Waals surface area contributed by atoms with Crippen LogP contribution < -0.4 is 0 Å². The first kappa shape index (κ1) is 9.91. The van der Waals surface area contributed by atoms with Crippen LogP contribution in [-0.4, -0.2) is 18.4 Å². The summed E-state index contributed by atoms with van der Waals surface area (Å²) in [6.45, 7) is 8.45. The third-order valence-corrected chi connectivity index (χ3v) is 2.91. The monoisotopic (exact) mass is 252 g/mol. The highest BCUT2D eigenvalue weighted by molar-refractivity contribution is 14.2. The first-order valence-corrected chi connectivity index (χ1v) is 6.07. The van der Waals surface area contributed by atoms with Gasteiger partial charge >= 0.3 is 0 Å². The van der Waals surface area contributed by atoms with Crippen molar-refractivity contribution >= 4 is 44.6 Å². The molecule has 0 bridgehead atoms. The second-order valence-corrected chi connectivity index (χ2v) is 3.65. The first-order valence-electron chi connectivity index (χ1n) is 2.75. The lowest BCUT2D eigenvalue weighted by Gasteiger charge is -2.16. The summed E-state index contributed by atoms with van der Waals surface area (Å²) in [6, 6.07) is 0. The maximum atomic E-state index is 3.62. The molecular weight excluding hydrogens is 243 g/mol. The minimum Gasteiger partial charge on any atom is -0.320 e. The molecule has 0 aromatic heterocycles. The third-order valence-electron chi connectivity index (χ3n) is 0.841. The van der Waals surface area contributed by atoms with Crippen LogP contribution in [-0.2, 0) is 0 Å². The van der Waals surface area contributed by atoms with Gasteiger partial charge in [0.1, 0.15) is 0 Å². The highest BCUT2D eigenvalue weighted by atomic mass is 127. The number of hydrogen-bond acceptors (Lipinski definition) is 2. The molecule has 0 aromatic carbocycles. The van der Waals surface area contributed by atoms with Gasteiger partial charge in [0.05, 0.1) is 0 Å². The molecule has 0 aliphatic carbocycles. The van der Waals surface area contributed by atoms with Gasteiger partial charge in [0, 0.05) is 21.2 Å². The van der Waals surface area contributed by atoms with Crippen molar-refractivity contribution in [1.29, 1.82) is 0 Å². The van der Waals surface area contributed by atoms with Crippen LogP contribution in [0.2, 0.25) is 13.6 Å². The van der Waals surface area contributed by atoms with E-state index in [-0.39, 0.29) is 0 Å². The molecule has 0 N–H and O–H groups in total. The lowest BCUT2D eigenvalue weighted by molar-refractivity contribution is 1.14. The zero-order valence-corrected chi connectivity index (χ0v) is 8.65. The Kier molecular flexibility index (Phi) is 6.25. The van der Waals surface area contributed by atoms with Crippen molar-refractivity contribution < 1.29 is 0 Å². The molecule has 0 rings (SSSR count). The zero-order valence-electron chi connectivity index (χ0n) is 5.67. The number of rotatable bonds is 4. The predicted molar refractivity (Wildman–Crippen MR) is 56.9 cm³/mol. The molecule has 0 atom stereocenters. The van der Waals surface area contributed by atoms with Crippen molar-refractivity contribution in [2.45, 2.75) is 13.6 Å². The Labute approximate surface area is 74.7 Å². The summed E-state index contributed by atoms with van der Waals surface area (Å²) in [7, 11) is 3.65. The maximum Gasteiger partial charge on any atom is 0.238 e. The highest BCUT2D eigenvalue weighted by Gasteiger charge is 2.09. The maximum absolute atomic E-state index is 3.62. The molecule has 0 unspecified atom stereocenters. The number of halogens is 1. The normalized spacial score (nSPS) is 9.33. The Morgan fingerprint density at radius 3 is 2.44 bits per heavy atom. The Morgan fingerprint density at radius 1 is 1.78 bits per heavy atom. The minimum absolute atomic E-state index is 0.546. The lowest BCUT2D eigenvalue weighted by Crippen LogP contribution is -2.29. The van der Waals surface area contributed by atoms with Crippen LogP contribution >= 0.6 is 30.3 Å². The molecule has 0 amide bonds. The molecule has 49 valence electrons. The molecular formula is C4H9B2INS. The van der Waals surface area contributed by atoms with Crippen molar-refractivity contribution in [2.75, 3.05) is 0 Å². The van der Waals surface area contributed by atoms with Crippen LogP contribution in [0.1, 0.15) is 0 Å². The molecule has 5 heteroatoms. The highest BCUT2D eigenvalue weighted by Crippen LogP contribution is 2.18. The quantitative estimate of drug-likeness (QED) is 0.429. The molecule has 1 nitrogen and oxygen atoms in total. The van der Waals surface area contributed by atoms with Gasteiger partial charge in [-0.1, -0.05) is 13.6 Å². The summed E-state index contributed by atoms with van der Waals surface area (Å²) in [5, 5.41) is 0. The molecule has 0 spiro atoms. The molecule has 0 aliphatic rings. The SMILES string of the molecule is C=C[B]N(SI)B(C)C. The minimum atomic E-state index is 0.546. The summed E-state index contributed by atoms with van der Waals surface area (Å²) in [5.41, 5.74) is 0. The fourth-order valence-corrected chi connectivity index (χ4v) is 2.43. The molecule has 0 heterocycles.